The minimum absolute atomic E-state index is 0.119. The van der Waals surface area contributed by atoms with E-state index in [0.717, 1.165) is 35.1 Å². The molecule has 0 unspecified atom stereocenters. The molecule has 1 aromatic heterocycles. The number of hydrogen-bond acceptors (Lipinski definition) is 2. The molecule has 0 radical (unpaired) electrons. The number of carbonyl (C=O) groups excluding carboxylic acids is 1. The molecule has 0 fully saturated rings. The lowest BCUT2D eigenvalue weighted by atomic mass is 10.2. The van der Waals surface area contributed by atoms with Crippen LogP contribution >= 0.6 is 15.9 Å². The molecule has 0 saturated heterocycles. The van der Waals surface area contributed by atoms with Gasteiger partial charge in [-0.2, -0.15) is 5.10 Å². The summed E-state index contributed by atoms with van der Waals surface area (Å²) in [5.41, 5.74) is 3.23. The summed E-state index contributed by atoms with van der Waals surface area (Å²) in [5, 5.41) is 8.23. The van der Waals surface area contributed by atoms with Crippen molar-refractivity contribution in [2.45, 2.75) is 39.7 Å². The quantitative estimate of drug-likeness (QED) is 0.647. The largest absolute Gasteiger partial charge is 0.352 e. The molecule has 1 amide bonds. The molecule has 0 aliphatic rings. The van der Waals surface area contributed by atoms with Gasteiger partial charge in [-0.1, -0.05) is 15.9 Å². The highest BCUT2D eigenvalue weighted by Crippen LogP contribution is 2.11. The van der Waals surface area contributed by atoms with E-state index in [2.05, 4.69) is 26.3 Å². The molecule has 0 spiro atoms. The zero-order valence-electron chi connectivity index (χ0n) is 10.7. The average Bonchev–Trinajstić information content (AvgIpc) is 2.51. The number of rotatable bonds is 6. The van der Waals surface area contributed by atoms with Crippen molar-refractivity contribution in [2.75, 3.05) is 5.33 Å². The van der Waals surface area contributed by atoms with E-state index in [1.165, 1.54) is 0 Å². The fraction of sp³-hybridized carbons (Fsp3) is 0.667. The van der Waals surface area contributed by atoms with Crippen LogP contribution in [-0.4, -0.2) is 21.0 Å². The Hall–Kier alpha value is -0.840. The van der Waals surface area contributed by atoms with Gasteiger partial charge in [-0.05, 0) is 26.7 Å². The number of aryl methyl sites for hydroxylation is 2. The predicted molar refractivity (Wildman–Crippen MR) is 72.2 cm³/mol. The molecule has 0 aromatic carbocycles. The summed E-state index contributed by atoms with van der Waals surface area (Å²) in [5.74, 6) is 0.119. The van der Waals surface area contributed by atoms with Crippen molar-refractivity contribution < 1.29 is 4.79 Å². The second-order valence-electron chi connectivity index (χ2n) is 4.20. The van der Waals surface area contributed by atoms with Crippen molar-refractivity contribution in [3.8, 4) is 0 Å². The van der Waals surface area contributed by atoms with Gasteiger partial charge in [0.15, 0.2) is 0 Å². The Kier molecular flexibility index (Phi) is 5.68. The molecule has 5 heteroatoms. The third kappa shape index (κ3) is 4.15. The summed E-state index contributed by atoms with van der Waals surface area (Å²) < 4.78 is 1.85. The first-order valence-electron chi connectivity index (χ1n) is 5.88. The van der Waals surface area contributed by atoms with E-state index in [1.807, 2.05) is 25.6 Å². The van der Waals surface area contributed by atoms with Crippen LogP contribution in [0.25, 0.3) is 0 Å². The predicted octanol–water partition coefficient (Wildman–Crippen LogP) is 2.22. The molecule has 0 atom stereocenters. The number of amides is 1. The second-order valence-corrected chi connectivity index (χ2v) is 4.99. The third-order valence-corrected chi connectivity index (χ3v) is 3.47. The van der Waals surface area contributed by atoms with Crippen molar-refractivity contribution in [1.29, 1.82) is 0 Å². The van der Waals surface area contributed by atoms with Crippen molar-refractivity contribution in [3.63, 3.8) is 0 Å². The molecule has 1 aromatic rings. The molecule has 0 aliphatic heterocycles. The standard InChI is InChI=1S/C12H20BrN3O/c1-9-11(10(2)16(3)15-9)8-14-12(17)6-4-5-7-13/h4-8H2,1-3H3,(H,14,17). The van der Waals surface area contributed by atoms with Gasteiger partial charge in [-0.15, -0.1) is 0 Å². The van der Waals surface area contributed by atoms with E-state index in [-0.39, 0.29) is 5.91 Å². The van der Waals surface area contributed by atoms with Gasteiger partial charge >= 0.3 is 0 Å². The number of nitrogens with zero attached hydrogens (tertiary/aromatic N) is 2. The van der Waals surface area contributed by atoms with E-state index in [1.54, 1.807) is 0 Å². The molecule has 17 heavy (non-hydrogen) atoms. The van der Waals surface area contributed by atoms with Gasteiger partial charge in [-0.25, -0.2) is 0 Å². The fourth-order valence-corrected chi connectivity index (χ4v) is 2.13. The summed E-state index contributed by atoms with van der Waals surface area (Å²) in [7, 11) is 1.92. The van der Waals surface area contributed by atoms with Crippen molar-refractivity contribution >= 4 is 21.8 Å². The van der Waals surface area contributed by atoms with Gasteiger partial charge in [0.1, 0.15) is 0 Å². The minimum Gasteiger partial charge on any atom is -0.352 e. The Morgan fingerprint density at radius 2 is 2.12 bits per heavy atom. The van der Waals surface area contributed by atoms with E-state index < -0.39 is 0 Å². The lowest BCUT2D eigenvalue weighted by Crippen LogP contribution is -2.23. The van der Waals surface area contributed by atoms with E-state index in [4.69, 9.17) is 0 Å². The first-order valence-corrected chi connectivity index (χ1v) is 7.00. The molecule has 1 N–H and O–H groups in total. The van der Waals surface area contributed by atoms with Crippen LogP contribution in [0.1, 0.15) is 36.2 Å². The lowest BCUT2D eigenvalue weighted by Gasteiger charge is -2.05. The molecule has 0 aliphatic carbocycles. The van der Waals surface area contributed by atoms with Crippen molar-refractivity contribution in [2.24, 2.45) is 7.05 Å². The Labute approximate surface area is 111 Å². The number of unbranched alkanes of at least 4 members (excludes halogenated alkanes) is 1. The number of carbonyl (C=O) groups is 1. The third-order valence-electron chi connectivity index (χ3n) is 2.91. The van der Waals surface area contributed by atoms with E-state index >= 15 is 0 Å². The Morgan fingerprint density at radius 3 is 2.65 bits per heavy atom. The molecule has 4 nitrogen and oxygen atoms in total. The van der Waals surface area contributed by atoms with Crippen molar-refractivity contribution in [3.05, 3.63) is 17.0 Å². The van der Waals surface area contributed by atoms with E-state index in [0.29, 0.717) is 13.0 Å². The number of halogens is 1. The van der Waals surface area contributed by atoms with Crippen LogP contribution < -0.4 is 5.32 Å². The highest BCUT2D eigenvalue weighted by atomic mass is 79.9. The van der Waals surface area contributed by atoms with Crippen LogP contribution in [0.4, 0.5) is 0 Å². The van der Waals surface area contributed by atoms with Crippen LogP contribution in [0.3, 0.4) is 0 Å². The Bertz CT molecular complexity index is 387. The molecular weight excluding hydrogens is 282 g/mol. The minimum atomic E-state index is 0.119. The van der Waals surface area contributed by atoms with E-state index in [9.17, 15) is 4.79 Å². The summed E-state index contributed by atoms with van der Waals surface area (Å²) >= 11 is 3.35. The maximum Gasteiger partial charge on any atom is 0.220 e. The SMILES string of the molecule is Cc1nn(C)c(C)c1CNC(=O)CCCCBr. The molecule has 1 rings (SSSR count). The fourth-order valence-electron chi connectivity index (χ4n) is 1.73. The molecular formula is C12H20BrN3O. The zero-order valence-corrected chi connectivity index (χ0v) is 12.3. The van der Waals surface area contributed by atoms with Crippen LogP contribution in [0.2, 0.25) is 0 Å². The van der Waals surface area contributed by atoms with Gasteiger partial charge < -0.3 is 5.32 Å². The monoisotopic (exact) mass is 301 g/mol. The number of aromatic nitrogens is 2. The summed E-state index contributed by atoms with van der Waals surface area (Å²) in [6.45, 7) is 4.57. The van der Waals surface area contributed by atoms with Crippen LogP contribution in [-0.2, 0) is 18.4 Å². The lowest BCUT2D eigenvalue weighted by molar-refractivity contribution is -0.121. The first kappa shape index (κ1) is 14.2. The van der Waals surface area contributed by atoms with Gasteiger partial charge in [0, 0.05) is 36.6 Å². The molecule has 96 valence electrons. The van der Waals surface area contributed by atoms with Crippen molar-refractivity contribution in [1.82, 2.24) is 15.1 Å². The van der Waals surface area contributed by atoms with Gasteiger partial charge in [0.2, 0.25) is 5.91 Å². The summed E-state index contributed by atoms with van der Waals surface area (Å²) in [6, 6.07) is 0. The Morgan fingerprint density at radius 1 is 1.41 bits per heavy atom. The number of hydrogen-bond donors (Lipinski definition) is 1. The summed E-state index contributed by atoms with van der Waals surface area (Å²) in [6.07, 6.45) is 2.57. The first-order chi connectivity index (χ1) is 8.06. The highest BCUT2D eigenvalue weighted by Gasteiger charge is 2.10. The topological polar surface area (TPSA) is 46.9 Å². The van der Waals surface area contributed by atoms with Crippen LogP contribution in [0.5, 0.6) is 0 Å². The number of nitrogens with one attached hydrogen (secondary N) is 1. The maximum atomic E-state index is 11.6. The normalized spacial score (nSPS) is 10.6. The van der Waals surface area contributed by atoms with Crippen LogP contribution in [0, 0.1) is 13.8 Å². The smallest absolute Gasteiger partial charge is 0.220 e. The molecule has 0 bridgehead atoms. The molecule has 1 heterocycles. The zero-order chi connectivity index (χ0) is 12.8. The van der Waals surface area contributed by atoms with Gasteiger partial charge in [-0.3, -0.25) is 9.48 Å². The Balaban J connectivity index is 2.42. The second kappa shape index (κ2) is 6.79. The summed E-state index contributed by atoms with van der Waals surface area (Å²) in [4.78, 5) is 11.6. The number of alkyl halides is 1. The van der Waals surface area contributed by atoms with Crippen LogP contribution in [0.15, 0.2) is 0 Å². The van der Waals surface area contributed by atoms with Gasteiger partial charge in [0.05, 0.1) is 5.69 Å². The maximum absolute atomic E-state index is 11.6. The molecule has 0 saturated carbocycles. The van der Waals surface area contributed by atoms with Gasteiger partial charge in [0.25, 0.3) is 0 Å². The highest BCUT2D eigenvalue weighted by molar-refractivity contribution is 9.09. The average molecular weight is 302 g/mol.